The summed E-state index contributed by atoms with van der Waals surface area (Å²) in [5, 5.41) is 22.6. The molecule has 12 nitrogen and oxygen atoms in total. The van der Waals surface area contributed by atoms with E-state index in [1.54, 1.807) is 0 Å². The van der Waals surface area contributed by atoms with E-state index in [2.05, 4.69) is 23.6 Å². The maximum absolute atomic E-state index is 12.9. The lowest BCUT2D eigenvalue weighted by Crippen LogP contribution is -2.49. The van der Waals surface area contributed by atoms with Crippen molar-refractivity contribution in [2.75, 3.05) is 18.1 Å². The molecule has 7 unspecified atom stereocenters. The molecule has 13 heteroatoms. The maximum atomic E-state index is 12.9. The van der Waals surface area contributed by atoms with Gasteiger partial charge in [0.2, 0.25) is 11.8 Å². The highest BCUT2D eigenvalue weighted by Crippen LogP contribution is 2.50. The Morgan fingerprint density at radius 1 is 1.29 bits per heavy atom. The number of carboxylic acid groups (broad SMARTS) is 2. The third-order valence-corrected chi connectivity index (χ3v) is 8.55. The molecule has 2 amide bonds. The summed E-state index contributed by atoms with van der Waals surface area (Å²) in [5.41, 5.74) is 6.39. The van der Waals surface area contributed by atoms with Gasteiger partial charge in [-0.15, -0.1) is 0 Å². The van der Waals surface area contributed by atoms with Crippen LogP contribution in [-0.4, -0.2) is 87.9 Å². The van der Waals surface area contributed by atoms with E-state index in [9.17, 15) is 24.0 Å². The van der Waals surface area contributed by atoms with E-state index >= 15 is 0 Å². The predicted octanol–water partition coefficient (Wildman–Crippen LogP) is 0.433. The number of nitrogens with two attached hydrogens (primary N) is 1. The van der Waals surface area contributed by atoms with Crippen molar-refractivity contribution in [2.24, 2.45) is 17.6 Å². The molecule has 0 spiro atoms. The quantitative estimate of drug-likeness (QED) is 0.127. The number of thioether (sulfide) groups is 1. The first-order valence-corrected chi connectivity index (χ1v) is 14.0. The average molecular weight is 556 g/mol. The number of allylic oxidation sites excluding steroid dienone is 2. The first-order valence-electron chi connectivity index (χ1n) is 12.8. The van der Waals surface area contributed by atoms with Crippen molar-refractivity contribution in [3.8, 4) is 0 Å². The van der Waals surface area contributed by atoms with Crippen molar-refractivity contribution >= 4 is 41.5 Å². The number of fused-ring (bicyclic) bond motifs is 3. The van der Waals surface area contributed by atoms with Gasteiger partial charge < -0.3 is 36.1 Å². The molecular weight excluding hydrogens is 518 g/mol. The largest absolute Gasteiger partial charge is 0.480 e. The lowest BCUT2D eigenvalue weighted by Gasteiger charge is -2.23. The van der Waals surface area contributed by atoms with Gasteiger partial charge in [0.25, 0.3) is 0 Å². The Kier molecular flexibility index (Phi) is 10.2. The van der Waals surface area contributed by atoms with Gasteiger partial charge in [0.15, 0.2) is 0 Å². The first-order chi connectivity index (χ1) is 17.9. The fourth-order valence-electron chi connectivity index (χ4n) is 4.99. The summed E-state index contributed by atoms with van der Waals surface area (Å²) < 4.78 is 11.8. The van der Waals surface area contributed by atoms with Crippen LogP contribution in [0.4, 0.5) is 0 Å². The minimum Gasteiger partial charge on any atom is -0.480 e. The SMILES string of the molecule is C/C1=C/CCC2(C)OC2C2OC(=O)C(CSCC(NC(=O)CCC(N)C(=O)O)C(=O)NCC(=O)O)C2CC1. The molecule has 2 heterocycles. The van der Waals surface area contributed by atoms with Crippen molar-refractivity contribution in [1.29, 1.82) is 0 Å². The van der Waals surface area contributed by atoms with Crippen molar-refractivity contribution in [1.82, 2.24) is 10.6 Å². The smallest absolute Gasteiger partial charge is 0.322 e. The van der Waals surface area contributed by atoms with Gasteiger partial charge in [-0.2, -0.15) is 11.8 Å². The number of carboxylic acids is 2. The summed E-state index contributed by atoms with van der Waals surface area (Å²) in [6, 6.07) is -2.30. The Labute approximate surface area is 225 Å². The summed E-state index contributed by atoms with van der Waals surface area (Å²) >= 11 is 1.29. The number of rotatable bonds is 12. The fourth-order valence-corrected chi connectivity index (χ4v) is 6.23. The normalized spacial score (nSPS) is 31.3. The maximum Gasteiger partial charge on any atom is 0.322 e. The number of ether oxygens (including phenoxy) is 2. The van der Waals surface area contributed by atoms with Crippen LogP contribution in [0.25, 0.3) is 0 Å². The number of nitrogens with one attached hydrogen (secondary N) is 2. The molecule has 212 valence electrons. The third-order valence-electron chi connectivity index (χ3n) is 7.39. The van der Waals surface area contributed by atoms with E-state index in [0.717, 1.165) is 25.7 Å². The summed E-state index contributed by atoms with van der Waals surface area (Å²) in [6.07, 6.45) is 4.82. The average Bonchev–Trinajstić information content (AvgIpc) is 3.42. The van der Waals surface area contributed by atoms with E-state index < -0.39 is 48.3 Å². The zero-order chi connectivity index (χ0) is 28.0. The number of aliphatic carboxylic acids is 2. The van der Waals surface area contributed by atoms with Crippen molar-refractivity contribution in [2.45, 2.75) is 82.3 Å². The summed E-state index contributed by atoms with van der Waals surface area (Å²) in [4.78, 5) is 59.6. The molecule has 1 aliphatic carbocycles. The second-order valence-electron chi connectivity index (χ2n) is 10.4. The number of carbonyl (C=O) groups excluding carboxylic acids is 3. The van der Waals surface area contributed by atoms with Crippen LogP contribution in [0.3, 0.4) is 0 Å². The number of hydrogen-bond donors (Lipinski definition) is 5. The van der Waals surface area contributed by atoms with Crippen molar-refractivity contribution in [3.05, 3.63) is 11.6 Å². The lowest BCUT2D eigenvalue weighted by molar-refractivity contribution is -0.144. The number of esters is 1. The molecule has 0 aromatic heterocycles. The standard InChI is InChI=1S/C25H37N3O9S/c1-13-4-3-9-25(2)21(37-25)20-14(6-5-13)15(24(35)36-20)11-38-12-17(22(32)27-10-19(30)31)28-18(29)8-7-16(26)23(33)34/h4,14-17,20-21H,3,5-12,26H2,1-2H3,(H,27,32)(H,28,29)(H,30,31)(H,33,34)/b13-4-. The zero-order valence-corrected chi connectivity index (χ0v) is 22.5. The van der Waals surface area contributed by atoms with Crippen LogP contribution >= 0.6 is 11.8 Å². The van der Waals surface area contributed by atoms with Gasteiger partial charge in [-0.25, -0.2) is 0 Å². The molecule has 2 aliphatic heterocycles. The van der Waals surface area contributed by atoms with E-state index in [0.29, 0.717) is 5.75 Å². The van der Waals surface area contributed by atoms with E-state index in [-0.39, 0.29) is 48.3 Å². The van der Waals surface area contributed by atoms with Gasteiger partial charge >= 0.3 is 17.9 Å². The topological polar surface area (TPSA) is 198 Å². The predicted molar refractivity (Wildman–Crippen MR) is 137 cm³/mol. The Hall–Kier alpha value is -2.64. The molecule has 6 N–H and O–H groups in total. The molecule has 0 radical (unpaired) electrons. The van der Waals surface area contributed by atoms with Crippen molar-refractivity contribution < 1.29 is 43.7 Å². The summed E-state index contributed by atoms with van der Waals surface area (Å²) in [5.74, 6) is -4.07. The monoisotopic (exact) mass is 555 g/mol. The lowest BCUT2D eigenvalue weighted by atomic mass is 9.81. The fraction of sp³-hybridized carbons (Fsp3) is 0.720. The van der Waals surface area contributed by atoms with Gasteiger partial charge in [-0.3, -0.25) is 24.0 Å². The van der Waals surface area contributed by atoms with Gasteiger partial charge in [0, 0.05) is 23.8 Å². The number of amides is 2. The molecular formula is C25H37N3O9S. The van der Waals surface area contributed by atoms with Crippen LogP contribution in [0.15, 0.2) is 11.6 Å². The molecule has 0 aromatic rings. The van der Waals surface area contributed by atoms with Gasteiger partial charge in [-0.05, 0) is 46.0 Å². The number of carbonyl (C=O) groups is 5. The number of epoxide rings is 1. The summed E-state index contributed by atoms with van der Waals surface area (Å²) in [6.45, 7) is 3.51. The van der Waals surface area contributed by atoms with Gasteiger partial charge in [0.05, 0.1) is 11.5 Å². The molecule has 3 aliphatic rings. The first kappa shape index (κ1) is 29.9. The van der Waals surface area contributed by atoms with Gasteiger partial charge in [-0.1, -0.05) is 11.6 Å². The summed E-state index contributed by atoms with van der Waals surface area (Å²) in [7, 11) is 0. The Balaban J connectivity index is 1.62. The molecule has 7 atom stereocenters. The molecule has 2 fully saturated rings. The minimum absolute atomic E-state index is 0.0466. The molecule has 38 heavy (non-hydrogen) atoms. The Morgan fingerprint density at radius 3 is 2.71 bits per heavy atom. The molecule has 3 rings (SSSR count). The molecule has 0 bridgehead atoms. The van der Waals surface area contributed by atoms with Crippen molar-refractivity contribution in [3.63, 3.8) is 0 Å². The molecule has 2 saturated heterocycles. The number of hydrogen-bond acceptors (Lipinski definition) is 9. The van der Waals surface area contributed by atoms with Crippen LogP contribution in [0.2, 0.25) is 0 Å². The minimum atomic E-state index is -1.24. The van der Waals surface area contributed by atoms with Crippen LogP contribution < -0.4 is 16.4 Å². The van der Waals surface area contributed by atoms with Crippen LogP contribution in [0.5, 0.6) is 0 Å². The van der Waals surface area contributed by atoms with Crippen LogP contribution in [0, 0.1) is 11.8 Å². The second-order valence-corrected chi connectivity index (χ2v) is 11.5. The second kappa shape index (κ2) is 12.9. The van der Waals surface area contributed by atoms with E-state index in [1.165, 1.54) is 17.3 Å². The van der Waals surface area contributed by atoms with E-state index in [4.69, 9.17) is 25.4 Å². The molecule has 0 saturated carbocycles. The molecule has 0 aromatic carbocycles. The third kappa shape index (κ3) is 7.93. The van der Waals surface area contributed by atoms with Crippen LogP contribution in [0.1, 0.15) is 52.4 Å². The van der Waals surface area contributed by atoms with Gasteiger partial charge in [0.1, 0.15) is 30.8 Å². The highest BCUT2D eigenvalue weighted by molar-refractivity contribution is 7.99. The Bertz CT molecular complexity index is 974. The zero-order valence-electron chi connectivity index (χ0n) is 21.6. The highest BCUT2D eigenvalue weighted by atomic mass is 32.2. The highest BCUT2D eigenvalue weighted by Gasteiger charge is 2.62. The van der Waals surface area contributed by atoms with Crippen LogP contribution in [-0.2, 0) is 33.4 Å². The van der Waals surface area contributed by atoms with E-state index in [1.807, 2.05) is 6.92 Å². The Morgan fingerprint density at radius 2 is 2.03 bits per heavy atom.